The number of hydrogen-bond donors (Lipinski definition) is 3. The fourth-order valence-corrected chi connectivity index (χ4v) is 1.89. The number of imidazole rings is 1. The maximum absolute atomic E-state index is 5.42. The van der Waals surface area contributed by atoms with Crippen LogP contribution in [0.5, 0.6) is 0 Å². The Balaban J connectivity index is 1.86. The van der Waals surface area contributed by atoms with E-state index in [1.54, 1.807) is 6.20 Å². The van der Waals surface area contributed by atoms with Gasteiger partial charge in [0.2, 0.25) is 0 Å². The van der Waals surface area contributed by atoms with Gasteiger partial charge in [-0.05, 0) is 12.8 Å². The van der Waals surface area contributed by atoms with Crippen LogP contribution in [0.15, 0.2) is 24.8 Å². The summed E-state index contributed by atoms with van der Waals surface area (Å²) in [5, 5.41) is 3.30. The smallest absolute Gasteiger partial charge is 0.145 e. The van der Waals surface area contributed by atoms with Crippen molar-refractivity contribution >= 4 is 11.6 Å². The molecule has 20 heavy (non-hydrogen) atoms. The zero-order chi connectivity index (χ0) is 14.2. The van der Waals surface area contributed by atoms with Crippen molar-refractivity contribution in [3.05, 3.63) is 30.6 Å². The van der Waals surface area contributed by atoms with Gasteiger partial charge < -0.3 is 15.3 Å². The summed E-state index contributed by atoms with van der Waals surface area (Å²) in [5.41, 5.74) is 2.58. The standard InChI is InChI=1S/C13H21N7/c1-2-4-11-17-12(9-13(18-11)19-14)16-5-3-7-20-8-6-15-10-20/h6,8-10H,2-5,7,14H2,1H3,(H2,16,17,18,19). The van der Waals surface area contributed by atoms with Gasteiger partial charge in [0.1, 0.15) is 17.5 Å². The van der Waals surface area contributed by atoms with E-state index in [1.165, 1.54) is 0 Å². The maximum atomic E-state index is 5.42. The Morgan fingerprint density at radius 1 is 1.30 bits per heavy atom. The van der Waals surface area contributed by atoms with E-state index in [9.17, 15) is 0 Å². The lowest BCUT2D eigenvalue weighted by Gasteiger charge is -2.09. The monoisotopic (exact) mass is 275 g/mol. The van der Waals surface area contributed by atoms with Crippen molar-refractivity contribution in [1.82, 2.24) is 19.5 Å². The van der Waals surface area contributed by atoms with E-state index in [0.29, 0.717) is 5.82 Å². The normalized spacial score (nSPS) is 10.5. The lowest BCUT2D eigenvalue weighted by molar-refractivity contribution is 0.659. The molecule has 0 amide bonds. The molecule has 0 saturated carbocycles. The molecule has 108 valence electrons. The number of nitrogens with two attached hydrogens (primary N) is 1. The molecule has 2 heterocycles. The van der Waals surface area contributed by atoms with Crippen LogP contribution in [0.1, 0.15) is 25.6 Å². The number of nitrogen functional groups attached to an aromatic ring is 1. The molecule has 2 aromatic rings. The molecule has 4 N–H and O–H groups in total. The number of aromatic nitrogens is 4. The quantitative estimate of drug-likeness (QED) is 0.383. The molecule has 0 aliphatic heterocycles. The molecular weight excluding hydrogens is 254 g/mol. The molecule has 7 heteroatoms. The van der Waals surface area contributed by atoms with Gasteiger partial charge in [-0.1, -0.05) is 6.92 Å². The van der Waals surface area contributed by atoms with Crippen LogP contribution in [0.2, 0.25) is 0 Å². The van der Waals surface area contributed by atoms with E-state index < -0.39 is 0 Å². The van der Waals surface area contributed by atoms with Crippen molar-refractivity contribution in [2.75, 3.05) is 17.3 Å². The topological polar surface area (TPSA) is 93.7 Å². The Hall–Kier alpha value is -2.15. The number of anilines is 2. The van der Waals surface area contributed by atoms with Crippen molar-refractivity contribution in [3.8, 4) is 0 Å². The predicted molar refractivity (Wildman–Crippen MR) is 79.2 cm³/mol. The van der Waals surface area contributed by atoms with Crippen molar-refractivity contribution in [1.29, 1.82) is 0 Å². The van der Waals surface area contributed by atoms with Gasteiger partial charge in [0.25, 0.3) is 0 Å². The number of rotatable bonds is 8. The van der Waals surface area contributed by atoms with Crippen LogP contribution in [0.25, 0.3) is 0 Å². The third kappa shape index (κ3) is 4.20. The average Bonchev–Trinajstić information content (AvgIpc) is 2.97. The first kappa shape index (κ1) is 14.3. The second-order valence-corrected chi connectivity index (χ2v) is 4.53. The Labute approximate surface area is 118 Å². The van der Waals surface area contributed by atoms with Gasteiger partial charge in [0.15, 0.2) is 0 Å². The average molecular weight is 275 g/mol. The van der Waals surface area contributed by atoms with Gasteiger partial charge in [-0.15, -0.1) is 0 Å². The Kier molecular flexibility index (Phi) is 5.31. The molecule has 7 nitrogen and oxygen atoms in total. The SMILES string of the molecule is CCCc1nc(NN)cc(NCCCn2ccnc2)n1. The molecule has 2 aromatic heterocycles. The maximum Gasteiger partial charge on any atom is 0.145 e. The number of aryl methyl sites for hydroxylation is 2. The van der Waals surface area contributed by atoms with Gasteiger partial charge in [-0.2, -0.15) is 0 Å². The third-order valence-corrected chi connectivity index (χ3v) is 2.85. The van der Waals surface area contributed by atoms with E-state index in [2.05, 4.69) is 37.2 Å². The van der Waals surface area contributed by atoms with Crippen molar-refractivity contribution in [2.24, 2.45) is 5.84 Å². The Morgan fingerprint density at radius 3 is 2.85 bits per heavy atom. The Morgan fingerprint density at radius 2 is 2.15 bits per heavy atom. The van der Waals surface area contributed by atoms with E-state index in [1.807, 2.05) is 18.6 Å². The van der Waals surface area contributed by atoms with Crippen molar-refractivity contribution in [2.45, 2.75) is 32.7 Å². The molecule has 0 radical (unpaired) electrons. The molecule has 0 aliphatic rings. The summed E-state index contributed by atoms with van der Waals surface area (Å²) < 4.78 is 2.05. The number of nitrogens with zero attached hydrogens (tertiary/aromatic N) is 4. The molecule has 0 aliphatic carbocycles. The molecule has 0 saturated heterocycles. The van der Waals surface area contributed by atoms with Crippen LogP contribution in [-0.2, 0) is 13.0 Å². The minimum Gasteiger partial charge on any atom is -0.370 e. The highest BCUT2D eigenvalue weighted by Crippen LogP contribution is 2.11. The summed E-state index contributed by atoms with van der Waals surface area (Å²) in [7, 11) is 0. The Bertz CT molecular complexity index is 509. The highest BCUT2D eigenvalue weighted by molar-refractivity contribution is 5.46. The van der Waals surface area contributed by atoms with Crippen LogP contribution >= 0.6 is 0 Å². The van der Waals surface area contributed by atoms with Crippen LogP contribution in [0.3, 0.4) is 0 Å². The lowest BCUT2D eigenvalue weighted by atomic mass is 10.3. The summed E-state index contributed by atoms with van der Waals surface area (Å²) in [6.45, 7) is 3.87. The highest BCUT2D eigenvalue weighted by atomic mass is 15.3. The highest BCUT2D eigenvalue weighted by Gasteiger charge is 2.03. The molecule has 0 bridgehead atoms. The van der Waals surface area contributed by atoms with Crippen LogP contribution in [-0.4, -0.2) is 26.1 Å². The molecule has 2 rings (SSSR count). The van der Waals surface area contributed by atoms with Crippen molar-refractivity contribution in [3.63, 3.8) is 0 Å². The largest absolute Gasteiger partial charge is 0.370 e. The molecule has 0 aromatic carbocycles. The molecule has 0 spiro atoms. The fourth-order valence-electron chi connectivity index (χ4n) is 1.89. The van der Waals surface area contributed by atoms with E-state index in [4.69, 9.17) is 5.84 Å². The predicted octanol–water partition coefficient (Wildman–Crippen LogP) is 1.41. The van der Waals surface area contributed by atoms with Gasteiger partial charge >= 0.3 is 0 Å². The van der Waals surface area contributed by atoms with E-state index in [0.717, 1.165) is 44.0 Å². The first-order valence-electron chi connectivity index (χ1n) is 6.86. The number of hydrogen-bond acceptors (Lipinski definition) is 6. The molecule has 0 unspecified atom stereocenters. The first-order valence-corrected chi connectivity index (χ1v) is 6.86. The minimum absolute atomic E-state index is 0.639. The molecule has 0 fully saturated rings. The summed E-state index contributed by atoms with van der Waals surface area (Å²) in [6, 6.07) is 1.82. The second kappa shape index (κ2) is 7.44. The van der Waals surface area contributed by atoms with Crippen LogP contribution in [0, 0.1) is 0 Å². The second-order valence-electron chi connectivity index (χ2n) is 4.53. The van der Waals surface area contributed by atoms with Gasteiger partial charge in [0.05, 0.1) is 6.33 Å². The van der Waals surface area contributed by atoms with Gasteiger partial charge in [-0.25, -0.2) is 20.8 Å². The van der Waals surface area contributed by atoms with Gasteiger partial charge in [-0.3, -0.25) is 0 Å². The first-order chi connectivity index (χ1) is 9.81. The van der Waals surface area contributed by atoms with Gasteiger partial charge in [0, 0.05) is 38.0 Å². The summed E-state index contributed by atoms with van der Waals surface area (Å²) in [5.74, 6) is 7.68. The zero-order valence-electron chi connectivity index (χ0n) is 11.7. The summed E-state index contributed by atoms with van der Waals surface area (Å²) in [4.78, 5) is 12.8. The molecular formula is C13H21N7. The molecule has 0 atom stereocenters. The van der Waals surface area contributed by atoms with E-state index >= 15 is 0 Å². The lowest BCUT2D eigenvalue weighted by Crippen LogP contribution is -2.13. The van der Waals surface area contributed by atoms with E-state index in [-0.39, 0.29) is 0 Å². The van der Waals surface area contributed by atoms with Crippen LogP contribution in [0.4, 0.5) is 11.6 Å². The fraction of sp³-hybridized carbons (Fsp3) is 0.462. The minimum atomic E-state index is 0.639. The third-order valence-electron chi connectivity index (χ3n) is 2.85. The van der Waals surface area contributed by atoms with Crippen molar-refractivity contribution < 1.29 is 0 Å². The zero-order valence-corrected chi connectivity index (χ0v) is 11.7. The van der Waals surface area contributed by atoms with Crippen LogP contribution < -0.4 is 16.6 Å². The number of nitrogens with one attached hydrogen (secondary N) is 2. The summed E-state index contributed by atoms with van der Waals surface area (Å²) >= 11 is 0. The number of hydrazine groups is 1. The summed E-state index contributed by atoms with van der Waals surface area (Å²) in [6.07, 6.45) is 8.41.